The first-order chi connectivity index (χ1) is 9.11. The molecule has 1 fully saturated rings. The van der Waals surface area contributed by atoms with Crippen LogP contribution in [0.3, 0.4) is 0 Å². The molecule has 1 aromatic rings. The first kappa shape index (κ1) is 13.2. The predicted molar refractivity (Wildman–Crippen MR) is 67.7 cm³/mol. The van der Waals surface area contributed by atoms with Gasteiger partial charge >= 0.3 is 6.09 Å². The standard InChI is InChI=1S/C13H16N2O4/c1-15-11(8-19-13(15)17)12(16)14-7-9-3-5-10(18-2)6-4-9/h3-6,11H,7-8H2,1-2H3,(H,14,16)/t11-/m0/s1. The predicted octanol–water partition coefficient (Wildman–Crippen LogP) is 0.762. The Morgan fingerprint density at radius 2 is 2.16 bits per heavy atom. The molecule has 6 heteroatoms. The Bertz CT molecular complexity index is 472. The van der Waals surface area contributed by atoms with Crippen molar-refractivity contribution in [3.63, 3.8) is 0 Å². The van der Waals surface area contributed by atoms with E-state index in [1.54, 1.807) is 14.2 Å². The molecule has 1 aromatic carbocycles. The molecule has 2 rings (SSSR count). The van der Waals surface area contributed by atoms with Gasteiger partial charge in [-0.1, -0.05) is 12.1 Å². The normalized spacial score (nSPS) is 18.1. The van der Waals surface area contributed by atoms with Crippen molar-refractivity contribution in [1.82, 2.24) is 10.2 Å². The molecular weight excluding hydrogens is 248 g/mol. The number of methoxy groups -OCH3 is 1. The number of cyclic esters (lactones) is 1. The number of likely N-dealkylation sites (N-methyl/N-ethyl adjacent to an activating group) is 1. The van der Waals surface area contributed by atoms with E-state index < -0.39 is 12.1 Å². The number of carbonyl (C=O) groups excluding carboxylic acids is 2. The second kappa shape index (κ2) is 5.60. The van der Waals surface area contributed by atoms with Crippen LogP contribution >= 0.6 is 0 Å². The van der Waals surface area contributed by atoms with Crippen LogP contribution < -0.4 is 10.1 Å². The number of ether oxygens (including phenoxy) is 2. The fourth-order valence-corrected chi connectivity index (χ4v) is 1.79. The van der Waals surface area contributed by atoms with Gasteiger partial charge in [0.2, 0.25) is 5.91 Å². The van der Waals surface area contributed by atoms with Crippen molar-refractivity contribution >= 4 is 12.0 Å². The van der Waals surface area contributed by atoms with E-state index in [0.29, 0.717) is 6.54 Å². The third kappa shape index (κ3) is 2.96. The van der Waals surface area contributed by atoms with E-state index in [1.165, 1.54) is 4.90 Å². The first-order valence-corrected chi connectivity index (χ1v) is 5.92. The smallest absolute Gasteiger partial charge is 0.410 e. The molecule has 0 aromatic heterocycles. The Labute approximate surface area is 111 Å². The van der Waals surface area contributed by atoms with Crippen molar-refractivity contribution in [2.75, 3.05) is 20.8 Å². The Hall–Kier alpha value is -2.24. The minimum absolute atomic E-state index is 0.101. The highest BCUT2D eigenvalue weighted by Crippen LogP contribution is 2.12. The maximum Gasteiger partial charge on any atom is 0.410 e. The van der Waals surface area contributed by atoms with Crippen LogP contribution in [0.5, 0.6) is 5.75 Å². The summed E-state index contributed by atoms with van der Waals surface area (Å²) in [6.45, 7) is 0.505. The fraction of sp³-hybridized carbons (Fsp3) is 0.385. The van der Waals surface area contributed by atoms with Crippen LogP contribution in [0.2, 0.25) is 0 Å². The van der Waals surface area contributed by atoms with E-state index in [-0.39, 0.29) is 12.5 Å². The van der Waals surface area contributed by atoms with E-state index in [2.05, 4.69) is 5.32 Å². The summed E-state index contributed by atoms with van der Waals surface area (Å²) in [5.41, 5.74) is 0.960. The monoisotopic (exact) mass is 264 g/mol. The molecule has 1 saturated heterocycles. The van der Waals surface area contributed by atoms with Gasteiger partial charge in [-0.3, -0.25) is 9.69 Å². The molecule has 1 aliphatic rings. The Morgan fingerprint density at radius 3 is 2.68 bits per heavy atom. The lowest BCUT2D eigenvalue weighted by molar-refractivity contribution is -0.124. The molecule has 102 valence electrons. The third-order valence-corrected chi connectivity index (χ3v) is 3.05. The molecule has 2 amide bonds. The average molecular weight is 264 g/mol. The summed E-state index contributed by atoms with van der Waals surface area (Å²) < 4.78 is 9.84. The molecule has 0 saturated carbocycles. The molecule has 0 unspecified atom stereocenters. The van der Waals surface area contributed by atoms with Crippen LogP contribution in [-0.2, 0) is 16.1 Å². The van der Waals surface area contributed by atoms with Gasteiger partial charge < -0.3 is 14.8 Å². The zero-order valence-electron chi connectivity index (χ0n) is 10.9. The summed E-state index contributed by atoms with van der Waals surface area (Å²) in [4.78, 5) is 24.3. The summed E-state index contributed by atoms with van der Waals surface area (Å²) in [5, 5.41) is 2.78. The van der Waals surface area contributed by atoms with Crippen molar-refractivity contribution in [2.24, 2.45) is 0 Å². The minimum Gasteiger partial charge on any atom is -0.497 e. The quantitative estimate of drug-likeness (QED) is 0.872. The topological polar surface area (TPSA) is 67.9 Å². The number of nitrogens with one attached hydrogen (secondary N) is 1. The van der Waals surface area contributed by atoms with Gasteiger partial charge in [0.15, 0.2) is 0 Å². The summed E-state index contributed by atoms with van der Waals surface area (Å²) >= 11 is 0. The molecule has 0 radical (unpaired) electrons. The van der Waals surface area contributed by atoms with Crippen LogP contribution in [0.25, 0.3) is 0 Å². The molecule has 6 nitrogen and oxygen atoms in total. The molecule has 1 heterocycles. The van der Waals surface area contributed by atoms with Crippen molar-refractivity contribution in [3.8, 4) is 5.75 Å². The SMILES string of the molecule is COc1ccc(CNC(=O)[C@@H]2COC(=O)N2C)cc1. The zero-order valence-corrected chi connectivity index (χ0v) is 10.9. The van der Waals surface area contributed by atoms with Gasteiger partial charge in [-0.15, -0.1) is 0 Å². The first-order valence-electron chi connectivity index (χ1n) is 5.92. The number of benzene rings is 1. The maximum atomic E-state index is 11.9. The molecule has 0 spiro atoms. The summed E-state index contributed by atoms with van der Waals surface area (Å²) in [6.07, 6.45) is -0.468. The van der Waals surface area contributed by atoms with Crippen molar-refractivity contribution in [3.05, 3.63) is 29.8 Å². The number of hydrogen-bond acceptors (Lipinski definition) is 4. The van der Waals surface area contributed by atoms with Crippen LogP contribution in [0.1, 0.15) is 5.56 Å². The van der Waals surface area contributed by atoms with Crippen molar-refractivity contribution < 1.29 is 19.1 Å². The van der Waals surface area contributed by atoms with Crippen molar-refractivity contribution in [1.29, 1.82) is 0 Å². The molecule has 1 aliphatic heterocycles. The fourth-order valence-electron chi connectivity index (χ4n) is 1.79. The molecule has 1 atom stereocenters. The van der Waals surface area contributed by atoms with Crippen LogP contribution in [0.15, 0.2) is 24.3 Å². The van der Waals surface area contributed by atoms with Crippen molar-refractivity contribution in [2.45, 2.75) is 12.6 Å². The van der Waals surface area contributed by atoms with Gasteiger partial charge in [-0.2, -0.15) is 0 Å². The van der Waals surface area contributed by atoms with E-state index in [4.69, 9.17) is 9.47 Å². The third-order valence-electron chi connectivity index (χ3n) is 3.05. The molecular formula is C13H16N2O4. The van der Waals surface area contributed by atoms with Gasteiger partial charge in [0.25, 0.3) is 0 Å². The van der Waals surface area contributed by atoms with E-state index in [9.17, 15) is 9.59 Å². The summed E-state index contributed by atoms with van der Waals surface area (Å²) in [7, 11) is 3.15. The Morgan fingerprint density at radius 1 is 1.47 bits per heavy atom. The highest BCUT2D eigenvalue weighted by atomic mass is 16.6. The van der Waals surface area contributed by atoms with Crippen LogP contribution in [-0.4, -0.2) is 43.7 Å². The largest absolute Gasteiger partial charge is 0.497 e. The van der Waals surface area contributed by atoms with Gasteiger partial charge in [-0.05, 0) is 17.7 Å². The number of rotatable bonds is 4. The van der Waals surface area contributed by atoms with E-state index >= 15 is 0 Å². The Balaban J connectivity index is 1.87. The number of amides is 2. The zero-order chi connectivity index (χ0) is 13.8. The van der Waals surface area contributed by atoms with Crippen LogP contribution in [0.4, 0.5) is 4.79 Å². The summed E-state index contributed by atoms with van der Waals surface area (Å²) in [5.74, 6) is 0.550. The average Bonchev–Trinajstić information content (AvgIpc) is 2.77. The molecule has 1 N–H and O–H groups in total. The summed E-state index contributed by atoms with van der Waals surface area (Å²) in [6, 6.07) is 6.86. The number of carbonyl (C=O) groups is 2. The lowest BCUT2D eigenvalue weighted by Gasteiger charge is -2.15. The molecule has 0 bridgehead atoms. The van der Waals surface area contributed by atoms with E-state index in [0.717, 1.165) is 11.3 Å². The van der Waals surface area contributed by atoms with Gasteiger partial charge in [0, 0.05) is 13.6 Å². The van der Waals surface area contributed by atoms with Gasteiger partial charge in [0.05, 0.1) is 7.11 Å². The van der Waals surface area contributed by atoms with Gasteiger partial charge in [-0.25, -0.2) is 4.79 Å². The van der Waals surface area contributed by atoms with Crippen LogP contribution in [0, 0.1) is 0 Å². The highest BCUT2D eigenvalue weighted by Gasteiger charge is 2.34. The second-order valence-electron chi connectivity index (χ2n) is 4.27. The second-order valence-corrected chi connectivity index (χ2v) is 4.27. The number of hydrogen-bond donors (Lipinski definition) is 1. The lowest BCUT2D eigenvalue weighted by Crippen LogP contribution is -2.43. The maximum absolute atomic E-state index is 11.9. The minimum atomic E-state index is -0.550. The Kier molecular flexibility index (Phi) is 3.89. The lowest BCUT2D eigenvalue weighted by atomic mass is 10.2. The molecule has 0 aliphatic carbocycles. The van der Waals surface area contributed by atoms with Gasteiger partial charge in [0.1, 0.15) is 18.4 Å². The molecule has 19 heavy (non-hydrogen) atoms. The van der Waals surface area contributed by atoms with E-state index in [1.807, 2.05) is 24.3 Å². The highest BCUT2D eigenvalue weighted by molar-refractivity contribution is 5.87. The number of nitrogens with zero attached hydrogens (tertiary/aromatic N) is 1.